The highest BCUT2D eigenvalue weighted by Crippen LogP contribution is 2.43. The normalized spacial score (nSPS) is 11.0. The summed E-state index contributed by atoms with van der Waals surface area (Å²) in [7, 11) is 0. The van der Waals surface area contributed by atoms with Gasteiger partial charge in [0.25, 0.3) is 0 Å². The minimum Gasteiger partial charge on any atom is -0.265 e. The van der Waals surface area contributed by atoms with Gasteiger partial charge in [0.15, 0.2) is 5.65 Å². The molecular formula is C24H18N4. The molecule has 3 heterocycles. The van der Waals surface area contributed by atoms with Crippen molar-refractivity contribution in [3.8, 4) is 33.5 Å². The smallest absolute Gasteiger partial charge is 0.156 e. The Kier molecular flexibility index (Phi) is 3.95. The molecule has 5 aromatic rings. The number of aryl methyl sites for hydroxylation is 1. The summed E-state index contributed by atoms with van der Waals surface area (Å²) >= 11 is 0. The van der Waals surface area contributed by atoms with Crippen molar-refractivity contribution in [2.45, 2.75) is 6.92 Å². The lowest BCUT2D eigenvalue weighted by molar-refractivity contribution is 1.06. The van der Waals surface area contributed by atoms with Crippen LogP contribution in [0.1, 0.15) is 5.69 Å². The highest BCUT2D eigenvalue weighted by molar-refractivity contribution is 6.07. The van der Waals surface area contributed by atoms with Crippen LogP contribution in [0.4, 0.5) is 0 Å². The van der Waals surface area contributed by atoms with Crippen LogP contribution in [0.3, 0.4) is 0 Å². The van der Waals surface area contributed by atoms with Gasteiger partial charge >= 0.3 is 0 Å². The predicted molar refractivity (Wildman–Crippen MR) is 113 cm³/mol. The molecule has 0 atom stereocenters. The quantitative estimate of drug-likeness (QED) is 0.450. The van der Waals surface area contributed by atoms with E-state index in [0.29, 0.717) is 0 Å². The van der Waals surface area contributed by atoms with Gasteiger partial charge in [0, 0.05) is 29.1 Å². The number of H-pyrrole nitrogens is 1. The van der Waals surface area contributed by atoms with E-state index in [9.17, 15) is 0 Å². The fourth-order valence-corrected chi connectivity index (χ4v) is 3.71. The molecule has 134 valence electrons. The largest absolute Gasteiger partial charge is 0.265 e. The molecule has 0 amide bonds. The van der Waals surface area contributed by atoms with Gasteiger partial charge in [0.2, 0.25) is 0 Å². The lowest BCUT2D eigenvalue weighted by Gasteiger charge is -2.17. The second kappa shape index (κ2) is 6.74. The molecule has 0 aliphatic heterocycles. The number of fused-ring (bicyclic) bond motifs is 1. The highest BCUT2D eigenvalue weighted by Gasteiger charge is 2.21. The van der Waals surface area contributed by atoms with Crippen LogP contribution in [0.2, 0.25) is 0 Å². The van der Waals surface area contributed by atoms with Gasteiger partial charge in [-0.2, -0.15) is 5.10 Å². The van der Waals surface area contributed by atoms with Gasteiger partial charge in [0.1, 0.15) is 0 Å². The number of aromatic nitrogens is 4. The molecule has 4 heteroatoms. The maximum Gasteiger partial charge on any atom is 0.156 e. The molecule has 0 spiro atoms. The van der Waals surface area contributed by atoms with Crippen LogP contribution in [-0.2, 0) is 0 Å². The Hall–Kier alpha value is -3.79. The molecule has 0 saturated carbocycles. The second-order valence-corrected chi connectivity index (χ2v) is 6.71. The summed E-state index contributed by atoms with van der Waals surface area (Å²) in [4.78, 5) is 9.20. The first-order valence-corrected chi connectivity index (χ1v) is 9.23. The van der Waals surface area contributed by atoms with Crippen molar-refractivity contribution < 1.29 is 0 Å². The number of hydrogen-bond donors (Lipinski definition) is 1. The Morgan fingerprint density at radius 1 is 0.679 bits per heavy atom. The van der Waals surface area contributed by atoms with Crippen molar-refractivity contribution in [3.05, 3.63) is 90.9 Å². The van der Waals surface area contributed by atoms with Crippen LogP contribution in [-0.4, -0.2) is 20.2 Å². The Labute approximate surface area is 162 Å². The number of pyridine rings is 2. The van der Waals surface area contributed by atoms with Gasteiger partial charge in [-0.1, -0.05) is 60.7 Å². The van der Waals surface area contributed by atoms with E-state index >= 15 is 0 Å². The third-order valence-corrected chi connectivity index (χ3v) is 4.97. The second-order valence-electron chi connectivity index (χ2n) is 6.71. The van der Waals surface area contributed by atoms with Gasteiger partial charge in [-0.15, -0.1) is 0 Å². The zero-order valence-corrected chi connectivity index (χ0v) is 15.4. The van der Waals surface area contributed by atoms with E-state index in [2.05, 4.69) is 51.6 Å². The first-order chi connectivity index (χ1) is 13.8. The Morgan fingerprint density at radius 2 is 1.29 bits per heavy atom. The summed E-state index contributed by atoms with van der Waals surface area (Å²) in [5, 5.41) is 8.62. The number of rotatable bonds is 3. The lowest BCUT2D eigenvalue weighted by Crippen LogP contribution is -1.96. The fraction of sp³-hybridized carbons (Fsp3) is 0.0417. The third-order valence-electron chi connectivity index (χ3n) is 4.97. The summed E-state index contributed by atoms with van der Waals surface area (Å²) in [5.74, 6) is 0. The van der Waals surface area contributed by atoms with Gasteiger partial charge in [0.05, 0.1) is 16.8 Å². The zero-order chi connectivity index (χ0) is 18.9. The van der Waals surface area contributed by atoms with Gasteiger partial charge in [-0.05, 0) is 30.2 Å². The molecule has 0 radical (unpaired) electrons. The minimum atomic E-state index is 0.799. The van der Waals surface area contributed by atoms with E-state index in [1.165, 1.54) is 0 Å². The first-order valence-electron chi connectivity index (χ1n) is 9.23. The fourth-order valence-electron chi connectivity index (χ4n) is 3.71. The van der Waals surface area contributed by atoms with Crippen molar-refractivity contribution in [1.29, 1.82) is 0 Å². The summed E-state index contributed by atoms with van der Waals surface area (Å²) in [6.07, 6.45) is 3.65. The van der Waals surface area contributed by atoms with Crippen LogP contribution in [0.5, 0.6) is 0 Å². The first kappa shape index (κ1) is 16.4. The molecule has 3 aromatic heterocycles. The molecule has 2 aromatic carbocycles. The monoisotopic (exact) mass is 362 g/mol. The topological polar surface area (TPSA) is 54.5 Å². The Morgan fingerprint density at radius 3 is 1.96 bits per heavy atom. The maximum atomic E-state index is 4.99. The van der Waals surface area contributed by atoms with Crippen molar-refractivity contribution in [2.24, 2.45) is 0 Å². The number of nitrogens with one attached hydrogen (secondary N) is 1. The average molecular weight is 362 g/mol. The van der Waals surface area contributed by atoms with Crippen molar-refractivity contribution in [3.63, 3.8) is 0 Å². The van der Waals surface area contributed by atoms with E-state index in [-0.39, 0.29) is 0 Å². The molecule has 0 bridgehead atoms. The van der Waals surface area contributed by atoms with Crippen LogP contribution in [0.25, 0.3) is 44.5 Å². The molecule has 5 rings (SSSR count). The number of benzene rings is 2. The molecule has 0 unspecified atom stereocenters. The molecule has 0 aliphatic carbocycles. The summed E-state index contributed by atoms with van der Waals surface area (Å²) in [6.45, 7) is 2.02. The van der Waals surface area contributed by atoms with Crippen molar-refractivity contribution in [2.75, 3.05) is 0 Å². The van der Waals surface area contributed by atoms with Gasteiger partial charge in [-0.3, -0.25) is 10.1 Å². The van der Waals surface area contributed by atoms with Crippen LogP contribution >= 0.6 is 0 Å². The molecule has 4 nitrogen and oxygen atoms in total. The average Bonchev–Trinajstić information content (AvgIpc) is 3.15. The third kappa shape index (κ3) is 2.67. The van der Waals surface area contributed by atoms with Crippen molar-refractivity contribution >= 4 is 11.0 Å². The van der Waals surface area contributed by atoms with Gasteiger partial charge < -0.3 is 0 Å². The summed E-state index contributed by atoms with van der Waals surface area (Å²) < 4.78 is 0. The van der Waals surface area contributed by atoms with E-state index in [1.54, 1.807) is 0 Å². The molecule has 0 aliphatic rings. The molecule has 0 saturated heterocycles. The Bertz CT molecular complexity index is 1240. The van der Waals surface area contributed by atoms with E-state index in [4.69, 9.17) is 4.98 Å². The zero-order valence-electron chi connectivity index (χ0n) is 15.4. The van der Waals surface area contributed by atoms with Crippen LogP contribution < -0.4 is 0 Å². The van der Waals surface area contributed by atoms with Crippen LogP contribution in [0, 0.1) is 6.92 Å². The standard InChI is InChI=1S/C24H18N4/c1-16-20-21(17-8-4-2-5-9-17)22(18-12-14-25-15-13-18)23(26-24(20)28-27-16)19-10-6-3-7-11-19/h2-15H,1H3,(H,26,27,28). The lowest BCUT2D eigenvalue weighted by atomic mass is 9.89. The molecule has 1 N–H and O–H groups in total. The van der Waals surface area contributed by atoms with E-state index in [1.807, 2.05) is 55.7 Å². The molecule has 0 fully saturated rings. The molecule has 28 heavy (non-hydrogen) atoms. The summed E-state index contributed by atoms with van der Waals surface area (Å²) in [5.41, 5.74) is 8.21. The molecular weight excluding hydrogens is 344 g/mol. The minimum absolute atomic E-state index is 0.799. The SMILES string of the molecule is Cc1n[nH]c2nc(-c3ccccc3)c(-c3ccncc3)c(-c3ccccc3)c12. The summed E-state index contributed by atoms with van der Waals surface area (Å²) in [6, 6.07) is 24.8. The number of hydrogen-bond acceptors (Lipinski definition) is 3. The van der Waals surface area contributed by atoms with E-state index < -0.39 is 0 Å². The van der Waals surface area contributed by atoms with Crippen LogP contribution in [0.15, 0.2) is 85.2 Å². The predicted octanol–water partition coefficient (Wildman–Crippen LogP) is 5.66. The van der Waals surface area contributed by atoms with E-state index in [0.717, 1.165) is 50.2 Å². The number of nitrogens with zero attached hydrogens (tertiary/aromatic N) is 3. The number of aromatic amines is 1. The van der Waals surface area contributed by atoms with Crippen molar-refractivity contribution in [1.82, 2.24) is 20.2 Å². The van der Waals surface area contributed by atoms with Gasteiger partial charge in [-0.25, -0.2) is 4.98 Å². The Balaban J connectivity index is 1.98. The highest BCUT2D eigenvalue weighted by atomic mass is 15.1. The maximum absolute atomic E-state index is 4.99.